The number of nitrogens with two attached hydrogens (primary N) is 1. The van der Waals surface area contributed by atoms with Crippen molar-refractivity contribution in [2.45, 2.75) is 13.3 Å². The van der Waals surface area contributed by atoms with Crippen LogP contribution in [0.5, 0.6) is 0 Å². The van der Waals surface area contributed by atoms with E-state index in [1.54, 1.807) is 18.3 Å². The van der Waals surface area contributed by atoms with Gasteiger partial charge in [0.2, 0.25) is 0 Å². The highest BCUT2D eigenvalue weighted by Crippen LogP contribution is 2.33. The van der Waals surface area contributed by atoms with Gasteiger partial charge in [-0.1, -0.05) is 24.3 Å². The second kappa shape index (κ2) is 9.85. The molecule has 4 heterocycles. The fourth-order valence-corrected chi connectivity index (χ4v) is 5.21. The van der Waals surface area contributed by atoms with E-state index in [1.807, 2.05) is 23.6 Å². The lowest BCUT2D eigenvalue weighted by atomic mass is 10.0. The van der Waals surface area contributed by atoms with Crippen LogP contribution < -0.4 is 16.0 Å². The largest absolute Gasteiger partial charge is 0.396 e. The van der Waals surface area contributed by atoms with Crippen LogP contribution in [0.2, 0.25) is 0 Å². The molecule has 0 spiro atoms. The summed E-state index contributed by atoms with van der Waals surface area (Å²) in [5, 5.41) is 18.6. The number of hydrogen-bond donors (Lipinski definition) is 3. The van der Waals surface area contributed by atoms with E-state index in [0.717, 1.165) is 59.6 Å². The number of primary amides is 1. The number of piperazine rings is 1. The number of aliphatic hydroxyl groups is 1. The number of imidazole rings is 1. The van der Waals surface area contributed by atoms with E-state index in [2.05, 4.69) is 50.5 Å². The Morgan fingerprint density at radius 2 is 1.87 bits per heavy atom. The first-order chi connectivity index (χ1) is 18.5. The number of pyridine rings is 1. The SMILES string of the molecule is Cc1nn2c(-c3cc(CCO)nc4c(C(N)=O)cccc34)cnc2cc1-c1ccc(N2CCNCC2)cc1. The Balaban J connectivity index is 1.44. The Morgan fingerprint density at radius 1 is 1.08 bits per heavy atom. The van der Waals surface area contributed by atoms with Crippen LogP contribution in [-0.2, 0) is 6.42 Å². The van der Waals surface area contributed by atoms with E-state index in [1.165, 1.54) is 5.69 Å². The van der Waals surface area contributed by atoms with Crippen LogP contribution in [0, 0.1) is 6.92 Å². The molecule has 0 aliphatic carbocycles. The molecule has 1 amide bonds. The van der Waals surface area contributed by atoms with Gasteiger partial charge in [0, 0.05) is 67.1 Å². The Kier molecular flexibility index (Phi) is 6.22. The van der Waals surface area contributed by atoms with Gasteiger partial charge in [0.15, 0.2) is 5.65 Å². The number of fused-ring (bicyclic) bond motifs is 2. The van der Waals surface area contributed by atoms with Crippen LogP contribution in [0.1, 0.15) is 21.7 Å². The Hall–Kier alpha value is -4.34. The Morgan fingerprint density at radius 3 is 2.61 bits per heavy atom. The topological polar surface area (TPSA) is 122 Å². The highest BCUT2D eigenvalue weighted by atomic mass is 16.3. The molecule has 9 nitrogen and oxygen atoms in total. The number of rotatable bonds is 6. The summed E-state index contributed by atoms with van der Waals surface area (Å²) < 4.78 is 1.82. The van der Waals surface area contributed by atoms with E-state index in [0.29, 0.717) is 28.8 Å². The van der Waals surface area contributed by atoms with Crippen molar-refractivity contribution in [1.82, 2.24) is 24.9 Å². The molecule has 1 aliphatic heterocycles. The number of hydrogen-bond acceptors (Lipinski definition) is 7. The second-order valence-corrected chi connectivity index (χ2v) is 9.54. The molecule has 6 rings (SSSR count). The fourth-order valence-electron chi connectivity index (χ4n) is 5.21. The van der Waals surface area contributed by atoms with Crippen molar-refractivity contribution < 1.29 is 9.90 Å². The molecule has 1 saturated heterocycles. The Labute approximate surface area is 219 Å². The van der Waals surface area contributed by atoms with Gasteiger partial charge in [0.1, 0.15) is 0 Å². The average Bonchev–Trinajstić information content (AvgIpc) is 3.35. The summed E-state index contributed by atoms with van der Waals surface area (Å²) in [6.07, 6.45) is 2.14. The zero-order valence-electron chi connectivity index (χ0n) is 21.2. The van der Waals surface area contributed by atoms with Gasteiger partial charge in [0.25, 0.3) is 5.91 Å². The van der Waals surface area contributed by atoms with Crippen molar-refractivity contribution in [3.8, 4) is 22.4 Å². The summed E-state index contributed by atoms with van der Waals surface area (Å²) in [6.45, 7) is 5.96. The number of amides is 1. The minimum atomic E-state index is -0.546. The Bertz CT molecular complexity index is 1650. The van der Waals surface area contributed by atoms with Gasteiger partial charge in [-0.25, -0.2) is 9.50 Å². The second-order valence-electron chi connectivity index (χ2n) is 9.54. The molecule has 5 aromatic rings. The summed E-state index contributed by atoms with van der Waals surface area (Å²) >= 11 is 0. The van der Waals surface area contributed by atoms with E-state index in [9.17, 15) is 9.90 Å². The summed E-state index contributed by atoms with van der Waals surface area (Å²) in [4.78, 5) is 23.8. The third-order valence-corrected chi connectivity index (χ3v) is 7.14. The molecule has 0 atom stereocenters. The van der Waals surface area contributed by atoms with Crippen molar-refractivity contribution >= 4 is 28.1 Å². The maximum atomic E-state index is 12.1. The predicted molar refractivity (Wildman–Crippen MR) is 148 cm³/mol. The number of aryl methyl sites for hydroxylation is 1. The number of anilines is 1. The van der Waals surface area contributed by atoms with Crippen LogP contribution in [0.25, 0.3) is 38.9 Å². The smallest absolute Gasteiger partial charge is 0.250 e. The van der Waals surface area contributed by atoms with E-state index < -0.39 is 5.91 Å². The predicted octanol–water partition coefficient (Wildman–Crippen LogP) is 2.96. The number of nitrogens with zero attached hydrogens (tertiary/aromatic N) is 5. The van der Waals surface area contributed by atoms with Crippen molar-refractivity contribution in [3.05, 3.63) is 77.7 Å². The van der Waals surface area contributed by atoms with Gasteiger partial charge in [-0.3, -0.25) is 9.78 Å². The van der Waals surface area contributed by atoms with E-state index >= 15 is 0 Å². The first-order valence-corrected chi connectivity index (χ1v) is 12.8. The van der Waals surface area contributed by atoms with Crippen LogP contribution >= 0.6 is 0 Å². The lowest BCUT2D eigenvalue weighted by Crippen LogP contribution is -2.43. The van der Waals surface area contributed by atoms with Crippen molar-refractivity contribution in [2.24, 2.45) is 5.73 Å². The zero-order valence-corrected chi connectivity index (χ0v) is 21.2. The highest BCUT2D eigenvalue weighted by molar-refractivity contribution is 6.08. The zero-order chi connectivity index (χ0) is 26.2. The number of carbonyl (C=O) groups is 1. The van der Waals surface area contributed by atoms with Crippen molar-refractivity contribution in [2.75, 3.05) is 37.7 Å². The van der Waals surface area contributed by atoms with Gasteiger partial charge in [-0.2, -0.15) is 5.10 Å². The number of aromatic nitrogens is 4. The molecule has 2 aromatic carbocycles. The third-order valence-electron chi connectivity index (χ3n) is 7.14. The van der Waals surface area contributed by atoms with E-state index in [-0.39, 0.29) is 6.61 Å². The molecular weight excluding hydrogens is 478 g/mol. The number of nitrogens with one attached hydrogen (secondary N) is 1. The normalized spacial score (nSPS) is 13.9. The standard InChI is InChI=1S/C29H29N7O2/c1-18-24(19-5-7-21(8-6-19)35-12-10-31-11-13-35)16-27-32-17-26(36(27)34-18)25-15-20(9-14-37)33-28-22(25)3-2-4-23(28)29(30)38/h2-8,15-17,31,37H,9-14H2,1H3,(H2,30,38). The van der Waals surface area contributed by atoms with Gasteiger partial charge in [-0.05, 0) is 42.8 Å². The van der Waals surface area contributed by atoms with Crippen LogP contribution in [0.4, 0.5) is 5.69 Å². The summed E-state index contributed by atoms with van der Waals surface area (Å²) in [5.74, 6) is -0.546. The molecule has 9 heteroatoms. The maximum Gasteiger partial charge on any atom is 0.250 e. The van der Waals surface area contributed by atoms with Gasteiger partial charge >= 0.3 is 0 Å². The van der Waals surface area contributed by atoms with Crippen LogP contribution in [0.15, 0.2) is 60.8 Å². The van der Waals surface area contributed by atoms with Gasteiger partial charge in [-0.15, -0.1) is 0 Å². The fraction of sp³-hybridized carbons (Fsp3) is 0.241. The quantitative estimate of drug-likeness (QED) is 0.323. The van der Waals surface area contributed by atoms with Gasteiger partial charge < -0.3 is 21.1 Å². The minimum Gasteiger partial charge on any atom is -0.396 e. The third kappa shape index (κ3) is 4.25. The number of benzene rings is 2. The number of carbonyl (C=O) groups excluding carboxylic acids is 1. The van der Waals surface area contributed by atoms with E-state index in [4.69, 9.17) is 10.8 Å². The molecule has 38 heavy (non-hydrogen) atoms. The molecule has 1 fully saturated rings. The van der Waals surface area contributed by atoms with Crippen LogP contribution in [-0.4, -0.2) is 63.4 Å². The molecule has 3 aromatic heterocycles. The minimum absolute atomic E-state index is 0.0575. The van der Waals surface area contributed by atoms with Crippen molar-refractivity contribution in [1.29, 1.82) is 0 Å². The average molecular weight is 508 g/mol. The molecular formula is C29H29N7O2. The lowest BCUT2D eigenvalue weighted by Gasteiger charge is -2.29. The molecule has 0 bridgehead atoms. The first-order valence-electron chi connectivity index (χ1n) is 12.8. The first kappa shape index (κ1) is 24.0. The molecule has 0 radical (unpaired) electrons. The number of aliphatic hydroxyl groups excluding tert-OH is 1. The van der Waals surface area contributed by atoms with Crippen LogP contribution in [0.3, 0.4) is 0 Å². The summed E-state index contributed by atoms with van der Waals surface area (Å²) in [7, 11) is 0. The molecule has 4 N–H and O–H groups in total. The number of para-hydroxylation sites is 1. The summed E-state index contributed by atoms with van der Waals surface area (Å²) in [6, 6.07) is 18.0. The molecule has 0 saturated carbocycles. The highest BCUT2D eigenvalue weighted by Gasteiger charge is 2.18. The lowest BCUT2D eigenvalue weighted by molar-refractivity contribution is 0.100. The van der Waals surface area contributed by atoms with Crippen molar-refractivity contribution in [3.63, 3.8) is 0 Å². The molecule has 1 aliphatic rings. The monoisotopic (exact) mass is 507 g/mol. The summed E-state index contributed by atoms with van der Waals surface area (Å²) in [5.41, 5.74) is 13.7. The molecule has 0 unspecified atom stereocenters. The van der Waals surface area contributed by atoms with Gasteiger partial charge in [0.05, 0.1) is 28.7 Å². The molecule has 192 valence electrons. The maximum absolute atomic E-state index is 12.1.